The number of carbonyl (C=O) groups excluding carboxylic acids is 3. The van der Waals surface area contributed by atoms with Gasteiger partial charge in [-0.25, -0.2) is 14.4 Å². The normalized spacial score (nSPS) is 14.7. The van der Waals surface area contributed by atoms with Crippen molar-refractivity contribution in [3.05, 3.63) is 63.5 Å². The van der Waals surface area contributed by atoms with Crippen molar-refractivity contribution in [3.8, 4) is 0 Å². The minimum Gasteiger partial charge on any atom is -0.463 e. The highest BCUT2D eigenvalue weighted by Crippen LogP contribution is 2.41. The Kier molecular flexibility index (Phi) is 9.45. The van der Waals surface area contributed by atoms with Crippen molar-refractivity contribution in [3.63, 3.8) is 0 Å². The molecule has 178 valence electrons. The first-order valence-electron chi connectivity index (χ1n) is 11.3. The van der Waals surface area contributed by atoms with Crippen LogP contribution < -0.4 is 5.32 Å². The number of hydrogen-bond donors (Lipinski definition) is 1. The fourth-order valence-electron chi connectivity index (χ4n) is 3.89. The summed E-state index contributed by atoms with van der Waals surface area (Å²) in [6.45, 7) is 11.3. The van der Waals surface area contributed by atoms with E-state index in [1.165, 1.54) is 0 Å². The van der Waals surface area contributed by atoms with Crippen LogP contribution in [0.5, 0.6) is 0 Å². The van der Waals surface area contributed by atoms with E-state index < -0.39 is 23.8 Å². The van der Waals surface area contributed by atoms with Gasteiger partial charge in [0.05, 0.1) is 36.9 Å². The van der Waals surface area contributed by atoms with Crippen molar-refractivity contribution in [1.29, 1.82) is 0 Å². The molecule has 0 amide bonds. The molecule has 0 radical (unpaired) electrons. The van der Waals surface area contributed by atoms with E-state index in [0.717, 1.165) is 0 Å². The molecule has 1 heterocycles. The lowest BCUT2D eigenvalue weighted by molar-refractivity contribution is -0.140. The highest BCUT2D eigenvalue weighted by molar-refractivity contribution is 6.00. The maximum atomic E-state index is 13.0. The summed E-state index contributed by atoms with van der Waals surface area (Å²) in [6.07, 6.45) is 2.23. The number of allylic oxidation sites excluding steroid dienone is 2. The van der Waals surface area contributed by atoms with Crippen LogP contribution in [-0.2, 0) is 28.6 Å². The Hall–Kier alpha value is -3.35. The number of esters is 3. The molecule has 0 unspecified atom stereocenters. The van der Waals surface area contributed by atoms with Crippen LogP contribution in [0.1, 0.15) is 65.0 Å². The van der Waals surface area contributed by atoms with E-state index in [2.05, 4.69) is 5.32 Å². The van der Waals surface area contributed by atoms with Crippen LogP contribution in [0.2, 0.25) is 0 Å². The van der Waals surface area contributed by atoms with Gasteiger partial charge in [0.15, 0.2) is 0 Å². The average molecular weight is 456 g/mol. The lowest BCUT2D eigenvalue weighted by Gasteiger charge is -2.31. The molecule has 0 bridgehead atoms. The van der Waals surface area contributed by atoms with Crippen LogP contribution in [-0.4, -0.2) is 37.7 Å². The molecule has 7 heteroatoms. The SMILES string of the molecule is CCOC(=O)C1=C(C)NC(C)=C(C(=O)OCC)C1c1ccccc1/C=C(\CC)C(=O)OCC. The topological polar surface area (TPSA) is 90.9 Å². The van der Waals surface area contributed by atoms with E-state index in [0.29, 0.717) is 45.7 Å². The van der Waals surface area contributed by atoms with Crippen LogP contribution in [0.15, 0.2) is 52.4 Å². The lowest BCUT2D eigenvalue weighted by Crippen LogP contribution is -2.32. The van der Waals surface area contributed by atoms with Gasteiger partial charge in [-0.15, -0.1) is 0 Å². The number of nitrogens with one attached hydrogen (secondary N) is 1. The van der Waals surface area contributed by atoms with Crippen molar-refractivity contribution in [2.75, 3.05) is 19.8 Å². The Bertz CT molecular complexity index is 962. The van der Waals surface area contributed by atoms with Crippen LogP contribution in [0.4, 0.5) is 0 Å². The third kappa shape index (κ3) is 5.92. The Morgan fingerprint density at radius 3 is 1.85 bits per heavy atom. The van der Waals surface area contributed by atoms with E-state index in [4.69, 9.17) is 14.2 Å². The second-order valence-corrected chi connectivity index (χ2v) is 7.45. The molecular formula is C26H33NO6. The summed E-state index contributed by atoms with van der Waals surface area (Å²) in [5, 5.41) is 3.13. The van der Waals surface area contributed by atoms with Crippen molar-refractivity contribution in [2.45, 2.75) is 53.9 Å². The van der Waals surface area contributed by atoms with Gasteiger partial charge in [0, 0.05) is 17.0 Å². The van der Waals surface area contributed by atoms with Crippen LogP contribution in [0.3, 0.4) is 0 Å². The van der Waals surface area contributed by atoms with Crippen molar-refractivity contribution >= 4 is 24.0 Å². The molecular weight excluding hydrogens is 422 g/mol. The molecule has 0 atom stereocenters. The highest BCUT2D eigenvalue weighted by atomic mass is 16.5. The molecule has 0 fully saturated rings. The van der Waals surface area contributed by atoms with Crippen molar-refractivity contribution in [1.82, 2.24) is 5.32 Å². The van der Waals surface area contributed by atoms with Gasteiger partial charge in [-0.05, 0) is 58.2 Å². The van der Waals surface area contributed by atoms with E-state index in [-0.39, 0.29) is 19.8 Å². The summed E-state index contributed by atoms with van der Waals surface area (Å²) >= 11 is 0. The Balaban J connectivity index is 2.77. The zero-order chi connectivity index (χ0) is 24.5. The van der Waals surface area contributed by atoms with E-state index in [9.17, 15) is 14.4 Å². The van der Waals surface area contributed by atoms with Gasteiger partial charge in [-0.3, -0.25) is 0 Å². The monoisotopic (exact) mass is 455 g/mol. The molecule has 1 N–H and O–H groups in total. The summed E-state index contributed by atoms with van der Waals surface area (Å²) < 4.78 is 15.9. The molecule has 1 aromatic rings. The molecule has 0 saturated carbocycles. The van der Waals surface area contributed by atoms with Gasteiger partial charge in [0.25, 0.3) is 0 Å². The number of dihydropyridines is 1. The quantitative estimate of drug-likeness (QED) is 0.335. The summed E-state index contributed by atoms with van der Waals surface area (Å²) in [4.78, 5) is 38.5. The van der Waals surface area contributed by atoms with Crippen LogP contribution in [0.25, 0.3) is 6.08 Å². The number of benzene rings is 1. The first-order valence-corrected chi connectivity index (χ1v) is 11.3. The second-order valence-electron chi connectivity index (χ2n) is 7.45. The van der Waals surface area contributed by atoms with E-state index >= 15 is 0 Å². The fraction of sp³-hybridized carbons (Fsp3) is 0.423. The molecule has 33 heavy (non-hydrogen) atoms. The Labute approximate surface area is 195 Å². The van der Waals surface area contributed by atoms with Gasteiger partial charge >= 0.3 is 17.9 Å². The minimum absolute atomic E-state index is 0.199. The van der Waals surface area contributed by atoms with Crippen LogP contribution in [0, 0.1) is 0 Å². The average Bonchev–Trinajstić information content (AvgIpc) is 2.77. The molecule has 0 spiro atoms. The molecule has 0 aromatic heterocycles. The summed E-state index contributed by atoms with van der Waals surface area (Å²) in [5.41, 5.74) is 3.77. The molecule has 1 aromatic carbocycles. The van der Waals surface area contributed by atoms with Crippen molar-refractivity contribution < 1.29 is 28.6 Å². The predicted molar refractivity (Wildman–Crippen MR) is 126 cm³/mol. The first kappa shape index (κ1) is 25.9. The zero-order valence-corrected chi connectivity index (χ0v) is 20.2. The number of rotatable bonds is 9. The maximum absolute atomic E-state index is 13.0. The second kappa shape index (κ2) is 12.0. The Morgan fingerprint density at radius 1 is 0.848 bits per heavy atom. The smallest absolute Gasteiger partial charge is 0.336 e. The highest BCUT2D eigenvalue weighted by Gasteiger charge is 2.38. The summed E-state index contributed by atoms with van der Waals surface area (Å²) in [7, 11) is 0. The summed E-state index contributed by atoms with van der Waals surface area (Å²) in [6, 6.07) is 7.37. The number of hydrogen-bond acceptors (Lipinski definition) is 7. The molecule has 0 aliphatic carbocycles. The lowest BCUT2D eigenvalue weighted by atomic mass is 9.78. The van der Waals surface area contributed by atoms with Crippen molar-refractivity contribution in [2.24, 2.45) is 0 Å². The van der Waals surface area contributed by atoms with Crippen LogP contribution >= 0.6 is 0 Å². The number of ether oxygens (including phenoxy) is 3. The summed E-state index contributed by atoms with van der Waals surface area (Å²) in [5.74, 6) is -2.14. The number of carbonyl (C=O) groups is 3. The van der Waals surface area contributed by atoms with Gasteiger partial charge in [0.1, 0.15) is 0 Å². The molecule has 1 aliphatic heterocycles. The minimum atomic E-state index is -0.725. The molecule has 2 rings (SSSR count). The molecule has 1 aliphatic rings. The fourth-order valence-corrected chi connectivity index (χ4v) is 3.89. The van der Waals surface area contributed by atoms with E-state index in [1.54, 1.807) is 40.7 Å². The third-order valence-electron chi connectivity index (χ3n) is 5.31. The van der Waals surface area contributed by atoms with Gasteiger partial charge in [0.2, 0.25) is 0 Å². The predicted octanol–water partition coefficient (Wildman–Crippen LogP) is 4.40. The maximum Gasteiger partial charge on any atom is 0.336 e. The zero-order valence-electron chi connectivity index (χ0n) is 20.2. The van der Waals surface area contributed by atoms with Gasteiger partial charge in [-0.2, -0.15) is 0 Å². The van der Waals surface area contributed by atoms with E-state index in [1.807, 2.05) is 31.2 Å². The largest absolute Gasteiger partial charge is 0.463 e. The first-order chi connectivity index (χ1) is 15.8. The van der Waals surface area contributed by atoms with Gasteiger partial charge < -0.3 is 19.5 Å². The molecule has 0 saturated heterocycles. The molecule has 7 nitrogen and oxygen atoms in total. The van der Waals surface area contributed by atoms with Gasteiger partial charge in [-0.1, -0.05) is 31.2 Å². The standard InChI is InChI=1S/C26H33NO6/c1-7-18(24(28)31-8-2)15-19-13-11-12-14-20(19)23-21(25(29)32-9-3)16(5)27-17(6)22(23)26(30)33-10-4/h11-15,23,27H,7-10H2,1-6H3/b18-15+. The Morgan fingerprint density at radius 2 is 1.36 bits per heavy atom. The third-order valence-corrected chi connectivity index (χ3v) is 5.31.